The molecular formula is C44H45N2O4+. The van der Waals surface area contributed by atoms with Crippen molar-refractivity contribution in [2.75, 3.05) is 33.8 Å². The minimum absolute atomic E-state index is 0.389. The minimum Gasteiger partial charge on any atom is -0.380 e. The Morgan fingerprint density at radius 1 is 0.340 bits per heavy atom. The highest BCUT2D eigenvalue weighted by molar-refractivity contribution is 5.83. The lowest BCUT2D eigenvalue weighted by molar-refractivity contribution is 0.185. The van der Waals surface area contributed by atoms with E-state index in [1.165, 1.54) is 0 Å². The number of hydrogen-bond donors (Lipinski definition) is 1. The lowest BCUT2D eigenvalue weighted by Crippen LogP contribution is -2.33. The van der Waals surface area contributed by atoms with Crippen LogP contribution in [0.15, 0.2) is 146 Å². The van der Waals surface area contributed by atoms with Gasteiger partial charge < -0.3 is 24.3 Å². The zero-order valence-corrected chi connectivity index (χ0v) is 29.3. The maximum absolute atomic E-state index is 5.45. The molecule has 6 heteroatoms. The van der Waals surface area contributed by atoms with Crippen LogP contribution in [0.1, 0.15) is 22.3 Å². The summed E-state index contributed by atoms with van der Waals surface area (Å²) in [6, 6.07) is 52.0. The van der Waals surface area contributed by atoms with Gasteiger partial charge in [0.1, 0.15) is 22.7 Å². The van der Waals surface area contributed by atoms with Gasteiger partial charge in [-0.3, -0.25) is 0 Å². The van der Waals surface area contributed by atoms with E-state index in [-0.39, 0.29) is 0 Å². The Morgan fingerprint density at radius 3 is 0.880 bits per heavy atom. The molecule has 0 unspecified atom stereocenters. The van der Waals surface area contributed by atoms with Crippen LogP contribution in [0.3, 0.4) is 0 Å². The average molecular weight is 666 g/mol. The van der Waals surface area contributed by atoms with Crippen LogP contribution in [-0.4, -0.2) is 28.4 Å². The molecule has 6 rings (SSSR count). The normalized spacial score (nSPS) is 11.4. The van der Waals surface area contributed by atoms with E-state index >= 15 is 0 Å². The van der Waals surface area contributed by atoms with Gasteiger partial charge in [-0.1, -0.05) is 60.7 Å². The molecule has 0 aliphatic heterocycles. The van der Waals surface area contributed by atoms with E-state index in [1.807, 2.05) is 0 Å². The number of quaternary nitrogens is 1. The Hall–Kier alpha value is -5.08. The van der Waals surface area contributed by atoms with E-state index in [2.05, 4.69) is 151 Å². The Balaban J connectivity index is 1.40. The third-order valence-electron chi connectivity index (χ3n) is 8.93. The lowest BCUT2D eigenvalue weighted by atomic mass is 10.0. The fourth-order valence-corrected chi connectivity index (χ4v) is 6.48. The van der Waals surface area contributed by atoms with E-state index < -0.39 is 0 Å². The fourth-order valence-electron chi connectivity index (χ4n) is 6.48. The first-order chi connectivity index (χ1) is 24.6. The first-order valence-electron chi connectivity index (χ1n) is 16.8. The number of rotatable bonds is 15. The number of nitrogens with one attached hydrogen (secondary N) is 1. The highest BCUT2D eigenvalue weighted by atomic mass is 16.5. The lowest BCUT2D eigenvalue weighted by Gasteiger charge is -2.37. The summed E-state index contributed by atoms with van der Waals surface area (Å²) in [5.41, 5.74) is 13.3. The highest BCUT2D eigenvalue weighted by Crippen LogP contribution is 2.51. The molecule has 6 aromatic rings. The zero-order valence-electron chi connectivity index (χ0n) is 29.3. The van der Waals surface area contributed by atoms with Crippen LogP contribution in [0.2, 0.25) is 0 Å². The average Bonchev–Trinajstić information content (AvgIpc) is 3.16. The number of hydrogen-bond acceptors (Lipinski definition) is 5. The van der Waals surface area contributed by atoms with Crippen LogP contribution in [-0.2, 0) is 45.4 Å². The quantitative estimate of drug-likeness (QED) is 0.111. The first kappa shape index (κ1) is 34.8. The van der Waals surface area contributed by atoms with Crippen molar-refractivity contribution in [2.45, 2.75) is 26.4 Å². The standard InChI is InChI=1S/C44H45N2O4/c1-47-29-33-5-17-39(18-6-33)45-40-19-13-37(14-20-40)38-15-27-44(28-16-38)46(41-21-7-34(8-22-41)30-48-2,42-23-9-35(10-24-42)31-49-3)43-25-11-36(12-26-43)32-50-4/h5-28,45H,29-32H2,1-4H3/q+1. The van der Waals surface area contributed by atoms with Crippen LogP contribution in [0.4, 0.5) is 34.1 Å². The molecule has 0 radical (unpaired) electrons. The number of anilines is 2. The Morgan fingerprint density at radius 2 is 0.580 bits per heavy atom. The van der Waals surface area contributed by atoms with Gasteiger partial charge in [0.25, 0.3) is 0 Å². The molecule has 0 aromatic heterocycles. The van der Waals surface area contributed by atoms with Crippen molar-refractivity contribution in [3.05, 3.63) is 168 Å². The molecule has 0 saturated carbocycles. The SMILES string of the molecule is COCc1ccc(Nc2ccc(-c3ccc([N+](c4ccc(COC)cc4)(c4ccc(COC)cc4)c4ccc(COC)cc4)cc3)cc2)cc1. The molecule has 6 nitrogen and oxygen atoms in total. The number of nitrogens with zero attached hydrogens (tertiary/aromatic N) is 1. The van der Waals surface area contributed by atoms with E-state index in [1.54, 1.807) is 28.4 Å². The largest absolute Gasteiger partial charge is 0.380 e. The predicted octanol–water partition coefficient (Wildman–Crippen LogP) is 11.0. The second kappa shape index (κ2) is 16.5. The maximum atomic E-state index is 5.45. The molecule has 0 saturated heterocycles. The van der Waals surface area contributed by atoms with E-state index in [0.717, 1.165) is 67.5 Å². The summed E-state index contributed by atoms with van der Waals surface area (Å²) in [4.78, 5) is 0. The zero-order chi connectivity index (χ0) is 34.8. The van der Waals surface area contributed by atoms with Gasteiger partial charge in [0.05, 0.1) is 26.4 Å². The van der Waals surface area contributed by atoms with Gasteiger partial charge in [-0.15, -0.1) is 0 Å². The molecule has 0 bridgehead atoms. The van der Waals surface area contributed by atoms with Gasteiger partial charge in [-0.05, 0) is 69.8 Å². The van der Waals surface area contributed by atoms with Crippen LogP contribution in [0.5, 0.6) is 0 Å². The van der Waals surface area contributed by atoms with Crippen molar-refractivity contribution in [1.82, 2.24) is 4.48 Å². The van der Waals surface area contributed by atoms with Crippen molar-refractivity contribution in [1.29, 1.82) is 0 Å². The van der Waals surface area contributed by atoms with Crippen LogP contribution >= 0.6 is 0 Å². The minimum atomic E-state index is 0.389. The van der Waals surface area contributed by atoms with Crippen molar-refractivity contribution >= 4 is 34.1 Å². The summed E-state index contributed by atoms with van der Waals surface area (Å²) in [5, 5.41) is 3.50. The summed E-state index contributed by atoms with van der Waals surface area (Å²) in [7, 11) is 6.89. The van der Waals surface area contributed by atoms with Gasteiger partial charge in [-0.2, -0.15) is 4.48 Å². The molecular weight excluding hydrogens is 620 g/mol. The van der Waals surface area contributed by atoms with E-state index in [0.29, 0.717) is 30.9 Å². The third kappa shape index (κ3) is 7.71. The first-order valence-corrected chi connectivity index (χ1v) is 16.8. The van der Waals surface area contributed by atoms with Crippen molar-refractivity contribution < 1.29 is 18.9 Å². The monoisotopic (exact) mass is 665 g/mol. The molecule has 0 heterocycles. The molecule has 0 amide bonds. The van der Waals surface area contributed by atoms with Crippen molar-refractivity contribution in [3.8, 4) is 11.1 Å². The second-order valence-electron chi connectivity index (χ2n) is 12.3. The van der Waals surface area contributed by atoms with Gasteiger partial charge in [-0.25, -0.2) is 0 Å². The number of benzene rings is 6. The highest BCUT2D eigenvalue weighted by Gasteiger charge is 2.39. The Bertz CT molecular complexity index is 1800. The van der Waals surface area contributed by atoms with Crippen LogP contribution < -0.4 is 9.80 Å². The van der Waals surface area contributed by atoms with Crippen molar-refractivity contribution in [2.24, 2.45) is 0 Å². The number of methoxy groups -OCH3 is 4. The summed E-state index contributed by atoms with van der Waals surface area (Å²) < 4.78 is 22.0. The van der Waals surface area contributed by atoms with Crippen LogP contribution in [0, 0.1) is 0 Å². The van der Waals surface area contributed by atoms with Crippen molar-refractivity contribution in [3.63, 3.8) is 0 Å². The molecule has 254 valence electrons. The van der Waals surface area contributed by atoms with Gasteiger partial charge >= 0.3 is 0 Å². The summed E-state index contributed by atoms with van der Waals surface area (Å²) >= 11 is 0. The number of ether oxygens (including phenoxy) is 4. The molecule has 6 aromatic carbocycles. The molecule has 0 spiro atoms. The maximum Gasteiger partial charge on any atom is 0.148 e. The molecule has 0 aliphatic carbocycles. The summed E-state index contributed by atoms with van der Waals surface area (Å²) in [5.74, 6) is 0. The predicted molar refractivity (Wildman–Crippen MR) is 205 cm³/mol. The fraction of sp³-hybridized carbons (Fsp3) is 0.182. The molecule has 0 aliphatic rings. The van der Waals surface area contributed by atoms with E-state index in [4.69, 9.17) is 18.9 Å². The van der Waals surface area contributed by atoms with Gasteiger partial charge in [0.2, 0.25) is 0 Å². The van der Waals surface area contributed by atoms with E-state index in [9.17, 15) is 0 Å². The summed E-state index contributed by atoms with van der Waals surface area (Å²) in [6.07, 6.45) is 0. The molecule has 0 fully saturated rings. The molecule has 1 N–H and O–H groups in total. The van der Waals surface area contributed by atoms with Gasteiger partial charge in [0, 0.05) is 88.3 Å². The molecule has 50 heavy (non-hydrogen) atoms. The second-order valence-corrected chi connectivity index (χ2v) is 12.3. The van der Waals surface area contributed by atoms with Gasteiger partial charge in [0.15, 0.2) is 0 Å². The Kier molecular flexibility index (Phi) is 11.5. The smallest absolute Gasteiger partial charge is 0.148 e. The topological polar surface area (TPSA) is 49.0 Å². The van der Waals surface area contributed by atoms with Crippen LogP contribution in [0.25, 0.3) is 11.1 Å². The Labute approximate surface area is 296 Å². The third-order valence-corrected chi connectivity index (χ3v) is 8.93. The summed E-state index contributed by atoms with van der Waals surface area (Å²) in [6.45, 7) is 2.28. The molecule has 0 atom stereocenters.